The quantitative estimate of drug-likeness (QED) is 0.527. The van der Waals surface area contributed by atoms with Gasteiger partial charge in [0.2, 0.25) is 6.33 Å². The van der Waals surface area contributed by atoms with Crippen molar-refractivity contribution in [2.45, 2.75) is 6.92 Å². The van der Waals surface area contributed by atoms with Crippen molar-refractivity contribution in [3.8, 4) is 0 Å². The molecule has 0 saturated carbocycles. The fraction of sp³-hybridized carbons (Fsp3) is 0.182. The number of rotatable bonds is 2. The second-order valence-electron chi connectivity index (χ2n) is 3.35. The summed E-state index contributed by atoms with van der Waals surface area (Å²) in [5.41, 5.74) is 2.09. The van der Waals surface area contributed by atoms with Crippen molar-refractivity contribution in [1.82, 2.24) is 9.78 Å². The van der Waals surface area contributed by atoms with E-state index in [0.717, 1.165) is 11.3 Å². The highest BCUT2D eigenvalue weighted by atomic mass is 15.5. The summed E-state index contributed by atoms with van der Waals surface area (Å²) in [6.07, 6.45) is 3.48. The molecule has 0 spiro atoms. The Bertz CT molecular complexity index is 470. The van der Waals surface area contributed by atoms with Gasteiger partial charge in [0.25, 0.3) is 6.33 Å². The van der Waals surface area contributed by atoms with Crippen molar-refractivity contribution in [1.29, 1.82) is 0 Å². The smallest absolute Gasteiger partial charge is 0.116 e. The minimum Gasteiger partial charge on any atom is -0.116 e. The molecule has 0 radical (unpaired) electrons. The highest BCUT2D eigenvalue weighted by molar-refractivity contribution is 5.98. The first-order chi connectivity index (χ1) is 7.25. The van der Waals surface area contributed by atoms with Crippen molar-refractivity contribution in [2.75, 3.05) is 0 Å². The van der Waals surface area contributed by atoms with Crippen LogP contribution in [0.15, 0.2) is 48.1 Å². The molecule has 4 heteroatoms. The van der Waals surface area contributed by atoms with Gasteiger partial charge in [0.05, 0.1) is 12.8 Å². The van der Waals surface area contributed by atoms with Gasteiger partial charge in [0.1, 0.15) is 0 Å². The van der Waals surface area contributed by atoms with E-state index in [1.807, 2.05) is 50.6 Å². The molecule has 0 bridgehead atoms. The molecule has 4 nitrogen and oxygen atoms in total. The zero-order valence-electron chi connectivity index (χ0n) is 8.83. The average molecular weight is 201 g/mol. The Morgan fingerprint density at radius 3 is 2.67 bits per heavy atom. The summed E-state index contributed by atoms with van der Waals surface area (Å²) in [4.78, 5) is 0. The Morgan fingerprint density at radius 2 is 2.07 bits per heavy atom. The molecule has 2 rings (SSSR count). The summed E-state index contributed by atoms with van der Waals surface area (Å²) in [7, 11) is 1.86. The molecule has 15 heavy (non-hydrogen) atoms. The third-order valence-corrected chi connectivity index (χ3v) is 2.09. The van der Waals surface area contributed by atoms with Crippen LogP contribution < -0.4 is 4.68 Å². The summed E-state index contributed by atoms with van der Waals surface area (Å²) in [5, 5.41) is 8.44. The number of aromatic nitrogens is 3. The lowest BCUT2D eigenvalue weighted by Crippen LogP contribution is -2.26. The van der Waals surface area contributed by atoms with Crippen LogP contribution in [-0.2, 0) is 7.05 Å². The summed E-state index contributed by atoms with van der Waals surface area (Å²) >= 11 is 0. The van der Waals surface area contributed by atoms with Crippen LogP contribution in [0.3, 0.4) is 0 Å². The molecule has 0 aliphatic rings. The SMILES string of the molecule is C/C(=N\[n+]1cnn(C)c1)c1ccccc1. The topological polar surface area (TPSA) is 34.1 Å². The normalized spacial score (nSPS) is 11.7. The van der Waals surface area contributed by atoms with Gasteiger partial charge in [0.15, 0.2) is 0 Å². The number of aryl methyl sites for hydroxylation is 1. The Hall–Kier alpha value is -1.97. The lowest BCUT2D eigenvalue weighted by molar-refractivity contribution is -0.679. The second kappa shape index (κ2) is 4.04. The molecule has 1 heterocycles. The van der Waals surface area contributed by atoms with E-state index in [9.17, 15) is 0 Å². The van der Waals surface area contributed by atoms with E-state index < -0.39 is 0 Å². The van der Waals surface area contributed by atoms with Crippen molar-refractivity contribution in [3.63, 3.8) is 0 Å². The van der Waals surface area contributed by atoms with Gasteiger partial charge in [0, 0.05) is 5.10 Å². The fourth-order valence-corrected chi connectivity index (χ4v) is 1.33. The molecule has 0 amide bonds. The van der Waals surface area contributed by atoms with Crippen LogP contribution >= 0.6 is 0 Å². The third-order valence-electron chi connectivity index (χ3n) is 2.09. The molecular formula is C11H13N4+. The summed E-state index contributed by atoms with van der Waals surface area (Å²) < 4.78 is 3.41. The van der Waals surface area contributed by atoms with Crippen LogP contribution in [-0.4, -0.2) is 15.5 Å². The molecule has 0 aliphatic carbocycles. The van der Waals surface area contributed by atoms with Crippen LogP contribution in [0, 0.1) is 0 Å². The monoisotopic (exact) mass is 201 g/mol. The van der Waals surface area contributed by atoms with Crippen LogP contribution in [0.5, 0.6) is 0 Å². The summed E-state index contributed by atoms with van der Waals surface area (Å²) in [5.74, 6) is 0. The van der Waals surface area contributed by atoms with Gasteiger partial charge < -0.3 is 0 Å². The standard InChI is InChI=1S/C11H13N4/c1-10(11-6-4-3-5-7-11)13-15-8-12-14(2)9-15/h3-9H,1-2H3/q+1/b13-10+. The lowest BCUT2D eigenvalue weighted by atomic mass is 10.1. The lowest BCUT2D eigenvalue weighted by Gasteiger charge is -1.96. The molecule has 0 atom stereocenters. The predicted octanol–water partition coefficient (Wildman–Crippen LogP) is 0.980. The molecule has 76 valence electrons. The highest BCUT2D eigenvalue weighted by Gasteiger charge is 2.01. The average Bonchev–Trinajstić information content (AvgIpc) is 2.65. The Balaban J connectivity index is 2.28. The van der Waals surface area contributed by atoms with Crippen LogP contribution in [0.2, 0.25) is 0 Å². The zero-order chi connectivity index (χ0) is 10.7. The minimum atomic E-state index is 0.966. The molecule has 0 fully saturated rings. The van der Waals surface area contributed by atoms with Crippen molar-refractivity contribution >= 4 is 5.71 Å². The van der Waals surface area contributed by atoms with Crippen molar-refractivity contribution in [2.24, 2.45) is 12.1 Å². The van der Waals surface area contributed by atoms with E-state index in [1.54, 1.807) is 15.7 Å². The van der Waals surface area contributed by atoms with Gasteiger partial charge in [-0.2, -0.15) is 0 Å². The first-order valence-electron chi connectivity index (χ1n) is 4.76. The highest BCUT2D eigenvalue weighted by Crippen LogP contribution is 1.99. The van der Waals surface area contributed by atoms with E-state index in [4.69, 9.17) is 0 Å². The predicted molar refractivity (Wildman–Crippen MR) is 57.5 cm³/mol. The van der Waals surface area contributed by atoms with Gasteiger partial charge in [-0.05, 0) is 12.5 Å². The first kappa shape index (κ1) is 9.58. The molecule has 0 unspecified atom stereocenters. The van der Waals surface area contributed by atoms with E-state index in [2.05, 4.69) is 10.2 Å². The molecular weight excluding hydrogens is 188 g/mol. The molecule has 0 aliphatic heterocycles. The summed E-state index contributed by atoms with van der Waals surface area (Å²) in [6.45, 7) is 1.98. The number of hydrogen-bond acceptors (Lipinski definition) is 2. The zero-order valence-corrected chi connectivity index (χ0v) is 8.83. The van der Waals surface area contributed by atoms with Gasteiger partial charge in [-0.15, -0.1) is 14.5 Å². The Labute approximate surface area is 88.5 Å². The largest absolute Gasteiger partial charge is 0.288 e. The number of hydrogen-bond donors (Lipinski definition) is 0. The van der Waals surface area contributed by atoms with Crippen LogP contribution in [0.1, 0.15) is 12.5 Å². The summed E-state index contributed by atoms with van der Waals surface area (Å²) in [6, 6.07) is 10.1. The number of nitrogens with zero attached hydrogens (tertiary/aromatic N) is 4. The van der Waals surface area contributed by atoms with E-state index in [1.165, 1.54) is 0 Å². The number of benzene rings is 1. The Morgan fingerprint density at radius 1 is 1.33 bits per heavy atom. The Kier molecular flexibility index (Phi) is 2.58. The van der Waals surface area contributed by atoms with Gasteiger partial charge in [-0.1, -0.05) is 30.3 Å². The van der Waals surface area contributed by atoms with Crippen molar-refractivity contribution < 1.29 is 4.68 Å². The fourth-order valence-electron chi connectivity index (χ4n) is 1.33. The minimum absolute atomic E-state index is 0.966. The second-order valence-corrected chi connectivity index (χ2v) is 3.35. The maximum atomic E-state index is 4.40. The van der Waals surface area contributed by atoms with Gasteiger partial charge >= 0.3 is 0 Å². The van der Waals surface area contributed by atoms with Crippen molar-refractivity contribution in [3.05, 3.63) is 48.5 Å². The maximum absolute atomic E-state index is 4.40. The molecule has 1 aromatic carbocycles. The van der Waals surface area contributed by atoms with Gasteiger partial charge in [-0.25, -0.2) is 0 Å². The molecule has 0 N–H and O–H groups in total. The van der Waals surface area contributed by atoms with E-state index in [-0.39, 0.29) is 0 Å². The van der Waals surface area contributed by atoms with E-state index in [0.29, 0.717) is 0 Å². The van der Waals surface area contributed by atoms with Crippen LogP contribution in [0.25, 0.3) is 0 Å². The van der Waals surface area contributed by atoms with Gasteiger partial charge in [-0.3, -0.25) is 0 Å². The first-order valence-corrected chi connectivity index (χ1v) is 4.76. The molecule has 1 aromatic heterocycles. The van der Waals surface area contributed by atoms with E-state index >= 15 is 0 Å². The third kappa shape index (κ3) is 2.28. The van der Waals surface area contributed by atoms with Crippen LogP contribution in [0.4, 0.5) is 0 Å². The maximum Gasteiger partial charge on any atom is 0.288 e. The molecule has 0 saturated heterocycles. The molecule has 2 aromatic rings.